The van der Waals surface area contributed by atoms with Crippen LogP contribution < -0.4 is 15.4 Å². The highest BCUT2D eigenvalue weighted by atomic mass is 32.1. The molecule has 1 fully saturated rings. The number of amides is 2. The van der Waals surface area contributed by atoms with Gasteiger partial charge in [-0.1, -0.05) is 23.5 Å². The SMILES string of the molecule is O=C(CN1CCOCC1)Nc1cc(NC(=O)c2nnc(-c3ccccc3F)s2)ccc1OC(F)(F)F. The first kappa shape index (κ1) is 25.5. The fourth-order valence-corrected chi connectivity index (χ4v) is 4.08. The van der Waals surface area contributed by atoms with Crippen molar-refractivity contribution < 1.29 is 36.6 Å². The first-order valence-electron chi connectivity index (χ1n) is 10.6. The topological polar surface area (TPSA) is 106 Å². The van der Waals surface area contributed by atoms with Crippen LogP contribution in [-0.4, -0.2) is 66.1 Å². The second-order valence-corrected chi connectivity index (χ2v) is 8.52. The maximum absolute atomic E-state index is 14.0. The van der Waals surface area contributed by atoms with Gasteiger partial charge >= 0.3 is 6.36 Å². The number of hydrogen-bond acceptors (Lipinski definition) is 8. The van der Waals surface area contributed by atoms with Gasteiger partial charge in [0, 0.05) is 24.3 Å². The average Bonchev–Trinajstić information content (AvgIpc) is 3.31. The molecular weight excluding hydrogens is 506 g/mol. The number of alkyl halides is 3. The summed E-state index contributed by atoms with van der Waals surface area (Å²) >= 11 is 0.840. The summed E-state index contributed by atoms with van der Waals surface area (Å²) in [5.74, 6) is -2.46. The summed E-state index contributed by atoms with van der Waals surface area (Å²) in [5.41, 5.74) is -0.0421. The van der Waals surface area contributed by atoms with Crippen molar-refractivity contribution in [1.82, 2.24) is 15.1 Å². The number of aromatic nitrogens is 2. The second kappa shape index (κ2) is 11.0. The molecule has 0 radical (unpaired) electrons. The lowest BCUT2D eigenvalue weighted by Gasteiger charge is -2.26. The summed E-state index contributed by atoms with van der Waals surface area (Å²) in [5, 5.41) is 12.6. The highest BCUT2D eigenvalue weighted by molar-refractivity contribution is 7.16. The molecule has 0 spiro atoms. The number of ether oxygens (including phenoxy) is 2. The van der Waals surface area contributed by atoms with E-state index in [1.165, 1.54) is 24.3 Å². The lowest BCUT2D eigenvalue weighted by molar-refractivity contribution is -0.274. The third-order valence-electron chi connectivity index (χ3n) is 4.93. The summed E-state index contributed by atoms with van der Waals surface area (Å²) in [6, 6.07) is 9.14. The van der Waals surface area contributed by atoms with Crippen molar-refractivity contribution in [2.75, 3.05) is 43.5 Å². The van der Waals surface area contributed by atoms with E-state index in [9.17, 15) is 27.2 Å². The smallest absolute Gasteiger partial charge is 0.404 e. The molecule has 2 N–H and O–H groups in total. The Hall–Kier alpha value is -3.62. The standard InChI is InChI=1S/C22H19F4N5O4S/c23-15-4-2-1-3-14(15)20-29-30-21(36-20)19(33)27-13-5-6-17(35-22(24,25)26)16(11-13)28-18(32)12-31-7-9-34-10-8-31/h1-6,11H,7-10,12H2,(H,27,33)(H,28,32). The van der Waals surface area contributed by atoms with Gasteiger partial charge in [-0.3, -0.25) is 14.5 Å². The predicted octanol–water partition coefficient (Wildman–Crippen LogP) is 3.77. The first-order valence-corrected chi connectivity index (χ1v) is 11.4. The van der Waals surface area contributed by atoms with E-state index in [4.69, 9.17) is 4.74 Å². The van der Waals surface area contributed by atoms with Gasteiger partial charge in [0.15, 0.2) is 10.8 Å². The van der Waals surface area contributed by atoms with Gasteiger partial charge in [0.2, 0.25) is 10.9 Å². The van der Waals surface area contributed by atoms with Crippen molar-refractivity contribution in [3.8, 4) is 16.3 Å². The zero-order valence-electron chi connectivity index (χ0n) is 18.5. The number of hydrogen-bond donors (Lipinski definition) is 2. The normalized spacial score (nSPS) is 14.3. The molecule has 9 nitrogen and oxygen atoms in total. The zero-order chi connectivity index (χ0) is 25.7. The van der Waals surface area contributed by atoms with Crippen molar-refractivity contribution in [2.24, 2.45) is 0 Å². The summed E-state index contributed by atoms with van der Waals surface area (Å²) < 4.78 is 61.8. The van der Waals surface area contributed by atoms with Gasteiger partial charge < -0.3 is 20.1 Å². The van der Waals surface area contributed by atoms with Crippen LogP contribution in [-0.2, 0) is 9.53 Å². The Morgan fingerprint density at radius 2 is 1.83 bits per heavy atom. The molecule has 4 rings (SSSR count). The van der Waals surface area contributed by atoms with E-state index in [-0.39, 0.29) is 33.5 Å². The predicted molar refractivity (Wildman–Crippen MR) is 122 cm³/mol. The molecule has 1 aliphatic heterocycles. The Balaban J connectivity index is 1.50. The molecule has 0 bridgehead atoms. The second-order valence-electron chi connectivity index (χ2n) is 7.54. The highest BCUT2D eigenvalue weighted by Crippen LogP contribution is 2.33. The zero-order valence-corrected chi connectivity index (χ0v) is 19.3. The van der Waals surface area contributed by atoms with E-state index in [0.29, 0.717) is 26.3 Å². The molecule has 190 valence electrons. The average molecular weight is 525 g/mol. The van der Waals surface area contributed by atoms with Crippen molar-refractivity contribution in [2.45, 2.75) is 6.36 Å². The third-order valence-corrected chi connectivity index (χ3v) is 5.89. The van der Waals surface area contributed by atoms with Crippen LogP contribution >= 0.6 is 11.3 Å². The number of nitrogens with one attached hydrogen (secondary N) is 2. The van der Waals surface area contributed by atoms with Crippen molar-refractivity contribution in [1.29, 1.82) is 0 Å². The molecular formula is C22H19F4N5O4S. The van der Waals surface area contributed by atoms with Gasteiger partial charge in [-0.05, 0) is 30.3 Å². The maximum atomic E-state index is 14.0. The Labute approximate surface area is 206 Å². The van der Waals surface area contributed by atoms with Crippen LogP contribution in [0.3, 0.4) is 0 Å². The molecule has 2 amide bonds. The molecule has 0 atom stereocenters. The number of morpholine rings is 1. The van der Waals surface area contributed by atoms with Crippen LogP contribution in [0.15, 0.2) is 42.5 Å². The summed E-state index contributed by atoms with van der Waals surface area (Å²) in [7, 11) is 0. The number of carbonyl (C=O) groups excluding carboxylic acids is 2. The lowest BCUT2D eigenvalue weighted by Crippen LogP contribution is -2.41. The summed E-state index contributed by atoms with van der Waals surface area (Å²) in [6.07, 6.45) is -5.00. The van der Waals surface area contributed by atoms with Gasteiger partial charge in [0.1, 0.15) is 5.82 Å². The molecule has 36 heavy (non-hydrogen) atoms. The quantitative estimate of drug-likeness (QED) is 0.453. The number of nitrogens with zero attached hydrogens (tertiary/aromatic N) is 3. The van der Waals surface area contributed by atoms with Gasteiger partial charge in [0.25, 0.3) is 5.91 Å². The number of halogens is 4. The van der Waals surface area contributed by atoms with Gasteiger partial charge in [-0.15, -0.1) is 23.4 Å². The van der Waals surface area contributed by atoms with E-state index < -0.39 is 29.7 Å². The molecule has 3 aromatic rings. The van der Waals surface area contributed by atoms with Crippen molar-refractivity contribution in [3.05, 3.63) is 53.3 Å². The van der Waals surface area contributed by atoms with Crippen LogP contribution in [0, 0.1) is 5.82 Å². The van der Waals surface area contributed by atoms with Crippen molar-refractivity contribution in [3.63, 3.8) is 0 Å². The molecule has 2 aromatic carbocycles. The van der Waals surface area contributed by atoms with Gasteiger partial charge in [-0.2, -0.15) is 0 Å². The lowest BCUT2D eigenvalue weighted by atomic mass is 10.2. The Morgan fingerprint density at radius 1 is 1.08 bits per heavy atom. The molecule has 1 aliphatic rings. The van der Waals surface area contributed by atoms with E-state index >= 15 is 0 Å². The van der Waals surface area contributed by atoms with Gasteiger partial charge in [0.05, 0.1) is 25.4 Å². The Kier molecular flexibility index (Phi) is 7.76. The van der Waals surface area contributed by atoms with Crippen molar-refractivity contribution >= 4 is 34.5 Å². The Bertz CT molecular complexity index is 1250. The van der Waals surface area contributed by atoms with Gasteiger partial charge in [-0.25, -0.2) is 4.39 Å². The monoisotopic (exact) mass is 525 g/mol. The van der Waals surface area contributed by atoms with Crippen LogP contribution in [0.25, 0.3) is 10.6 Å². The molecule has 14 heteroatoms. The van der Waals surface area contributed by atoms with E-state index in [1.807, 2.05) is 0 Å². The third kappa shape index (κ3) is 6.74. The highest BCUT2D eigenvalue weighted by Gasteiger charge is 2.32. The minimum atomic E-state index is -5.00. The number of rotatable bonds is 7. The van der Waals surface area contributed by atoms with Crippen LogP contribution in [0.1, 0.15) is 9.80 Å². The largest absolute Gasteiger partial charge is 0.573 e. The van der Waals surface area contributed by atoms with Crippen LogP contribution in [0.4, 0.5) is 28.9 Å². The fourth-order valence-electron chi connectivity index (χ4n) is 3.31. The number of benzene rings is 2. The minimum absolute atomic E-state index is 0.0605. The number of anilines is 2. The van der Waals surface area contributed by atoms with E-state index in [1.54, 1.807) is 11.0 Å². The molecule has 0 unspecified atom stereocenters. The Morgan fingerprint density at radius 3 is 2.56 bits per heavy atom. The molecule has 0 aliphatic carbocycles. The number of carbonyl (C=O) groups is 2. The summed E-state index contributed by atoms with van der Waals surface area (Å²) in [6.45, 7) is 1.84. The maximum Gasteiger partial charge on any atom is 0.573 e. The summed E-state index contributed by atoms with van der Waals surface area (Å²) in [4.78, 5) is 26.9. The molecule has 1 aromatic heterocycles. The molecule has 1 saturated heterocycles. The fraction of sp³-hybridized carbons (Fsp3) is 0.273. The molecule has 0 saturated carbocycles. The minimum Gasteiger partial charge on any atom is -0.404 e. The van der Waals surface area contributed by atoms with E-state index in [0.717, 1.165) is 23.5 Å². The van der Waals surface area contributed by atoms with Crippen LogP contribution in [0.5, 0.6) is 5.75 Å². The molecule has 2 heterocycles. The van der Waals surface area contributed by atoms with Crippen LogP contribution in [0.2, 0.25) is 0 Å². The first-order chi connectivity index (χ1) is 17.2. The van der Waals surface area contributed by atoms with E-state index in [2.05, 4.69) is 25.6 Å².